The highest BCUT2D eigenvalue weighted by molar-refractivity contribution is 6.33. The molecule has 36 heavy (non-hydrogen) atoms. The second kappa shape index (κ2) is 9.43. The van der Waals surface area contributed by atoms with Crippen LogP contribution >= 0.6 is 11.6 Å². The predicted molar refractivity (Wildman–Crippen MR) is 139 cm³/mol. The minimum absolute atomic E-state index is 0.0157. The number of nitrogens with zero attached hydrogens (tertiary/aromatic N) is 5. The van der Waals surface area contributed by atoms with Crippen LogP contribution in [0.4, 0.5) is 0 Å². The number of hydrogen-bond acceptors (Lipinski definition) is 4. The summed E-state index contributed by atoms with van der Waals surface area (Å²) in [5.41, 5.74) is 5.52. The number of aryl methyl sites for hydroxylation is 4. The molecule has 1 aliphatic rings. The van der Waals surface area contributed by atoms with Crippen molar-refractivity contribution < 1.29 is 9.59 Å². The fourth-order valence-corrected chi connectivity index (χ4v) is 5.45. The van der Waals surface area contributed by atoms with Crippen LogP contribution in [0.5, 0.6) is 0 Å². The third-order valence-electron chi connectivity index (χ3n) is 7.09. The van der Waals surface area contributed by atoms with Gasteiger partial charge in [0.15, 0.2) is 0 Å². The van der Waals surface area contributed by atoms with Gasteiger partial charge in [-0.05, 0) is 43.5 Å². The Balaban J connectivity index is 1.42. The first-order chi connectivity index (χ1) is 17.2. The Hall–Kier alpha value is -3.65. The molecule has 1 N–H and O–H groups in total. The van der Waals surface area contributed by atoms with Crippen LogP contribution in [0.3, 0.4) is 0 Å². The molecule has 0 saturated carbocycles. The molecule has 0 unspecified atom stereocenters. The maximum absolute atomic E-state index is 13.6. The van der Waals surface area contributed by atoms with Gasteiger partial charge in [-0.3, -0.25) is 14.3 Å². The molecule has 4 aromatic rings. The molecule has 0 aliphatic carbocycles. The Morgan fingerprint density at radius 3 is 2.56 bits per heavy atom. The van der Waals surface area contributed by atoms with E-state index in [0.29, 0.717) is 41.5 Å². The molecule has 2 atom stereocenters. The van der Waals surface area contributed by atoms with E-state index in [2.05, 4.69) is 15.4 Å². The number of benzene rings is 2. The number of aromatic nitrogens is 4. The van der Waals surface area contributed by atoms with Crippen LogP contribution in [0.2, 0.25) is 5.15 Å². The lowest BCUT2D eigenvalue weighted by atomic mass is 9.85. The number of imidazole rings is 1. The van der Waals surface area contributed by atoms with Crippen molar-refractivity contribution >= 4 is 34.4 Å². The lowest BCUT2D eigenvalue weighted by Gasteiger charge is -2.39. The highest BCUT2D eigenvalue weighted by atomic mass is 35.5. The second-order valence-corrected chi connectivity index (χ2v) is 9.89. The van der Waals surface area contributed by atoms with Gasteiger partial charge >= 0.3 is 0 Å². The van der Waals surface area contributed by atoms with Crippen molar-refractivity contribution in [3.8, 4) is 0 Å². The summed E-state index contributed by atoms with van der Waals surface area (Å²) in [5.74, 6) is -0.322. The highest BCUT2D eigenvalue weighted by Gasteiger charge is 2.35. The molecule has 186 valence electrons. The van der Waals surface area contributed by atoms with Crippen molar-refractivity contribution in [2.24, 2.45) is 14.1 Å². The lowest BCUT2D eigenvalue weighted by Crippen LogP contribution is -2.51. The van der Waals surface area contributed by atoms with Gasteiger partial charge in [-0.25, -0.2) is 4.98 Å². The molecule has 2 amide bonds. The molecule has 8 nitrogen and oxygen atoms in total. The fourth-order valence-electron chi connectivity index (χ4n) is 5.19. The molecular weight excluding hydrogens is 476 g/mol. The SMILES string of the molecule is Cc1nn(C)c(Cl)c1C(=O)N[C@@H]1CCN(C(=O)c2cc(C)c3ncn(C)c3c2)C[C@@H]1c1ccccc1. The Morgan fingerprint density at radius 1 is 1.11 bits per heavy atom. The number of hydrogen-bond donors (Lipinski definition) is 1. The van der Waals surface area contributed by atoms with Crippen molar-refractivity contribution in [2.75, 3.05) is 13.1 Å². The first-order valence-corrected chi connectivity index (χ1v) is 12.4. The van der Waals surface area contributed by atoms with Gasteiger partial charge in [0.1, 0.15) is 5.15 Å². The molecule has 0 spiro atoms. The number of carbonyl (C=O) groups excluding carboxylic acids is 2. The molecule has 9 heteroatoms. The van der Waals surface area contributed by atoms with E-state index >= 15 is 0 Å². The third-order valence-corrected chi connectivity index (χ3v) is 7.52. The van der Waals surface area contributed by atoms with Crippen LogP contribution in [0.25, 0.3) is 11.0 Å². The smallest absolute Gasteiger partial charge is 0.256 e. The monoisotopic (exact) mass is 504 g/mol. The number of nitrogens with one attached hydrogen (secondary N) is 1. The van der Waals surface area contributed by atoms with Gasteiger partial charge in [0, 0.05) is 44.7 Å². The molecule has 2 aromatic heterocycles. The van der Waals surface area contributed by atoms with Crippen molar-refractivity contribution in [1.29, 1.82) is 0 Å². The average Bonchev–Trinajstić information content (AvgIpc) is 3.37. The van der Waals surface area contributed by atoms with Crippen LogP contribution in [-0.2, 0) is 14.1 Å². The number of amides is 2. The quantitative estimate of drug-likeness (QED) is 0.455. The number of likely N-dealkylation sites (tertiary alicyclic amines) is 1. The number of carbonyl (C=O) groups is 2. The number of halogens is 1. The van der Waals surface area contributed by atoms with Gasteiger partial charge < -0.3 is 14.8 Å². The Labute approximate surface area is 214 Å². The van der Waals surface area contributed by atoms with Gasteiger partial charge in [0.2, 0.25) is 0 Å². The maximum Gasteiger partial charge on any atom is 0.256 e. The zero-order valence-electron chi connectivity index (χ0n) is 20.8. The van der Waals surface area contributed by atoms with Crippen LogP contribution in [0.15, 0.2) is 48.8 Å². The van der Waals surface area contributed by atoms with E-state index in [4.69, 9.17) is 11.6 Å². The molecule has 1 aliphatic heterocycles. The average molecular weight is 505 g/mol. The Kier molecular flexibility index (Phi) is 6.30. The summed E-state index contributed by atoms with van der Waals surface area (Å²) in [6, 6.07) is 13.7. The molecule has 1 fully saturated rings. The summed E-state index contributed by atoms with van der Waals surface area (Å²) in [7, 11) is 3.65. The maximum atomic E-state index is 13.6. The van der Waals surface area contributed by atoms with Crippen LogP contribution in [-0.4, -0.2) is 55.2 Å². The molecular formula is C27H29ClN6O2. The van der Waals surface area contributed by atoms with E-state index in [-0.39, 0.29) is 23.8 Å². The summed E-state index contributed by atoms with van der Waals surface area (Å²) >= 11 is 6.35. The summed E-state index contributed by atoms with van der Waals surface area (Å²) in [6.45, 7) is 4.79. The summed E-state index contributed by atoms with van der Waals surface area (Å²) in [4.78, 5) is 33.2. The van der Waals surface area contributed by atoms with Crippen molar-refractivity contribution in [3.63, 3.8) is 0 Å². The fraction of sp³-hybridized carbons (Fsp3) is 0.333. The Morgan fingerprint density at radius 2 is 1.86 bits per heavy atom. The largest absolute Gasteiger partial charge is 0.348 e. The summed E-state index contributed by atoms with van der Waals surface area (Å²) in [5, 5.41) is 7.77. The van der Waals surface area contributed by atoms with Gasteiger partial charge in [0.25, 0.3) is 11.8 Å². The summed E-state index contributed by atoms with van der Waals surface area (Å²) < 4.78 is 3.43. The molecule has 0 bridgehead atoms. The summed E-state index contributed by atoms with van der Waals surface area (Å²) in [6.07, 6.45) is 2.39. The first-order valence-electron chi connectivity index (χ1n) is 12.0. The Bertz CT molecular complexity index is 1460. The van der Waals surface area contributed by atoms with Gasteiger partial charge in [-0.2, -0.15) is 5.10 Å². The number of rotatable bonds is 4. The lowest BCUT2D eigenvalue weighted by molar-refractivity contribution is 0.0671. The van der Waals surface area contributed by atoms with E-state index in [9.17, 15) is 9.59 Å². The molecule has 1 saturated heterocycles. The molecule has 5 rings (SSSR count). The third kappa shape index (κ3) is 4.26. The topological polar surface area (TPSA) is 85.1 Å². The second-order valence-electron chi connectivity index (χ2n) is 9.53. The number of piperidine rings is 1. The predicted octanol–water partition coefficient (Wildman–Crippen LogP) is 4.01. The first kappa shape index (κ1) is 24.1. The van der Waals surface area contributed by atoms with E-state index in [1.54, 1.807) is 20.3 Å². The van der Waals surface area contributed by atoms with Crippen LogP contribution < -0.4 is 5.32 Å². The van der Waals surface area contributed by atoms with Crippen molar-refractivity contribution in [3.05, 3.63) is 81.9 Å². The van der Waals surface area contributed by atoms with E-state index in [1.165, 1.54) is 4.68 Å². The minimum atomic E-state index is -0.242. The van der Waals surface area contributed by atoms with Crippen LogP contribution in [0, 0.1) is 13.8 Å². The van der Waals surface area contributed by atoms with Crippen molar-refractivity contribution in [1.82, 2.24) is 29.5 Å². The molecule has 0 radical (unpaired) electrons. The molecule has 2 aromatic carbocycles. The zero-order valence-corrected chi connectivity index (χ0v) is 21.6. The van der Waals surface area contributed by atoms with E-state index in [1.807, 2.05) is 65.9 Å². The van der Waals surface area contributed by atoms with Gasteiger partial charge in [0.05, 0.1) is 28.6 Å². The van der Waals surface area contributed by atoms with E-state index < -0.39 is 0 Å². The standard InChI is InChI=1S/C27H29ClN6O2/c1-16-12-19(13-22-24(16)29-15-32(22)3)27(36)34-11-10-21(20(14-34)18-8-6-5-7-9-18)30-26(35)23-17(2)31-33(4)25(23)28/h5-9,12-13,15,20-21H,10-11,14H2,1-4H3,(H,30,35)/t20-,21-/m1/s1. The zero-order chi connectivity index (χ0) is 25.6. The minimum Gasteiger partial charge on any atom is -0.348 e. The number of fused-ring (bicyclic) bond motifs is 1. The van der Waals surface area contributed by atoms with Crippen molar-refractivity contribution in [2.45, 2.75) is 32.2 Å². The molecule has 3 heterocycles. The van der Waals surface area contributed by atoms with Gasteiger partial charge in [-0.1, -0.05) is 41.9 Å². The normalized spacial score (nSPS) is 18.0. The highest BCUT2D eigenvalue weighted by Crippen LogP contribution is 2.30. The van der Waals surface area contributed by atoms with Gasteiger partial charge in [-0.15, -0.1) is 0 Å². The van der Waals surface area contributed by atoms with E-state index in [0.717, 1.165) is 22.2 Å². The van der Waals surface area contributed by atoms with Crippen LogP contribution in [0.1, 0.15) is 49.9 Å².